The van der Waals surface area contributed by atoms with Crippen molar-refractivity contribution in [2.75, 3.05) is 12.1 Å². The molecule has 0 radical (unpaired) electrons. The third kappa shape index (κ3) is 5.12. The lowest BCUT2D eigenvalue weighted by molar-refractivity contribution is -0.274. The summed E-state index contributed by atoms with van der Waals surface area (Å²) < 4.78 is 54.1. The number of hydrogen-bond donors (Lipinski definition) is 1. The molecule has 194 valence electrons. The summed E-state index contributed by atoms with van der Waals surface area (Å²) in [6.07, 6.45) is -3.26. The van der Waals surface area contributed by atoms with Crippen molar-refractivity contribution in [3.63, 3.8) is 0 Å². The highest BCUT2D eigenvalue weighted by Gasteiger charge is 2.50. The predicted molar refractivity (Wildman–Crippen MR) is 132 cm³/mol. The first-order valence-electron chi connectivity index (χ1n) is 11.7. The van der Waals surface area contributed by atoms with Crippen LogP contribution in [0.5, 0.6) is 17.2 Å². The summed E-state index contributed by atoms with van der Waals surface area (Å²) in [5.41, 5.74) is 2.95. The molecule has 1 aliphatic carbocycles. The normalized spacial score (nSPS) is 15.3. The number of alkyl halides is 3. The number of hydrogen-bond acceptors (Lipinski definition) is 5. The first-order chi connectivity index (χ1) is 17.5. The van der Waals surface area contributed by atoms with Crippen LogP contribution in [0.15, 0.2) is 54.6 Å². The van der Waals surface area contributed by atoms with Gasteiger partial charge in [-0.1, -0.05) is 30.3 Å². The summed E-state index contributed by atoms with van der Waals surface area (Å²) >= 11 is 0. The van der Waals surface area contributed by atoms with E-state index in [1.54, 1.807) is 6.07 Å². The number of aryl methyl sites for hydroxylation is 1. The van der Waals surface area contributed by atoms with Gasteiger partial charge in [-0.25, -0.2) is 0 Å². The second kappa shape index (κ2) is 9.14. The molecule has 1 saturated carbocycles. The van der Waals surface area contributed by atoms with Crippen LogP contribution in [0.2, 0.25) is 0 Å². The molecule has 1 aliphatic heterocycles. The van der Waals surface area contributed by atoms with Gasteiger partial charge in [-0.2, -0.15) is 0 Å². The molecule has 0 bridgehead atoms. The topological polar surface area (TPSA) is 73.9 Å². The van der Waals surface area contributed by atoms with E-state index in [2.05, 4.69) is 10.1 Å². The number of rotatable bonds is 7. The maximum absolute atomic E-state index is 13.4. The Balaban J connectivity index is 0.00000336. The third-order valence-electron chi connectivity index (χ3n) is 6.70. The number of benzene rings is 3. The highest BCUT2D eigenvalue weighted by Crippen LogP contribution is 2.51. The maximum Gasteiger partial charge on any atom is 0.573 e. The molecular formula is C28H26F3NO5. The lowest BCUT2D eigenvalue weighted by atomic mass is 9.87. The van der Waals surface area contributed by atoms with Crippen molar-refractivity contribution < 1.29 is 38.4 Å². The second-order valence-corrected chi connectivity index (χ2v) is 9.34. The highest BCUT2D eigenvalue weighted by atomic mass is 19.4. The number of carbonyl (C=O) groups is 2. The zero-order valence-corrected chi connectivity index (χ0v) is 20.2. The molecule has 1 amide bonds. The van der Waals surface area contributed by atoms with E-state index in [1.807, 2.05) is 43.3 Å². The van der Waals surface area contributed by atoms with Gasteiger partial charge in [0.15, 0.2) is 17.2 Å². The minimum Gasteiger partial charge on any atom is -0.454 e. The molecule has 5 rings (SSSR count). The van der Waals surface area contributed by atoms with Crippen LogP contribution in [0.1, 0.15) is 37.9 Å². The maximum atomic E-state index is 13.4. The van der Waals surface area contributed by atoms with E-state index in [0.717, 1.165) is 29.5 Å². The van der Waals surface area contributed by atoms with E-state index < -0.39 is 23.4 Å². The Bertz CT molecular complexity index is 1400. The fourth-order valence-electron chi connectivity index (χ4n) is 4.68. The van der Waals surface area contributed by atoms with Crippen LogP contribution in [-0.2, 0) is 21.4 Å². The summed E-state index contributed by atoms with van der Waals surface area (Å²) in [5.74, 6) is 0.333. The number of ketones is 1. The van der Waals surface area contributed by atoms with E-state index in [4.69, 9.17) is 9.47 Å². The monoisotopic (exact) mass is 513 g/mol. The average molecular weight is 514 g/mol. The molecule has 6 nitrogen and oxygen atoms in total. The van der Waals surface area contributed by atoms with Gasteiger partial charge in [0.05, 0.1) is 11.1 Å². The molecule has 1 heterocycles. The van der Waals surface area contributed by atoms with E-state index in [0.29, 0.717) is 22.6 Å². The van der Waals surface area contributed by atoms with Gasteiger partial charge >= 0.3 is 6.36 Å². The number of Topliss-reactive ketones (excluding diaryl/α,β-unsaturated/α-hetero) is 1. The molecular weight excluding hydrogens is 487 g/mol. The molecule has 3 aromatic rings. The minimum atomic E-state index is -4.93. The van der Waals surface area contributed by atoms with Gasteiger partial charge in [-0.05, 0) is 71.8 Å². The molecule has 0 saturated heterocycles. The van der Waals surface area contributed by atoms with E-state index >= 15 is 0 Å². The number of ether oxygens (including phenoxy) is 3. The molecule has 2 aliphatic rings. The van der Waals surface area contributed by atoms with E-state index in [9.17, 15) is 22.8 Å². The fourth-order valence-corrected chi connectivity index (χ4v) is 4.68. The standard InChI is InChI=1S/C28H24F3NO5.H2/c1-16-3-4-18(12-26(34)27(9-10-27)20-6-8-23-25(14-20)36-15-35-23)11-21(16)19-5-7-22(32-17(2)33)24(13-19)37-28(29,30)31;/h3-8,11,13-14H,9-10,12,15H2,1-2H3,(H,32,33);1H. The van der Waals surface area contributed by atoms with Crippen molar-refractivity contribution in [3.8, 4) is 28.4 Å². The van der Waals surface area contributed by atoms with Crippen molar-refractivity contribution in [3.05, 3.63) is 71.3 Å². The summed E-state index contributed by atoms with van der Waals surface area (Å²) in [4.78, 5) is 24.9. The number of anilines is 1. The highest BCUT2D eigenvalue weighted by molar-refractivity contribution is 5.95. The van der Waals surface area contributed by atoms with Crippen molar-refractivity contribution in [1.82, 2.24) is 0 Å². The molecule has 9 heteroatoms. The number of nitrogens with one attached hydrogen (secondary N) is 1. The van der Waals surface area contributed by atoms with Gasteiger partial charge in [-0.3, -0.25) is 9.59 Å². The van der Waals surface area contributed by atoms with Crippen LogP contribution < -0.4 is 19.5 Å². The summed E-state index contributed by atoms with van der Waals surface area (Å²) in [6.45, 7) is 3.20. The number of fused-ring (bicyclic) bond motifs is 1. The molecule has 0 aromatic heterocycles. The molecule has 37 heavy (non-hydrogen) atoms. The zero-order chi connectivity index (χ0) is 26.4. The van der Waals surface area contributed by atoms with Crippen LogP contribution in [0.3, 0.4) is 0 Å². The molecule has 1 fully saturated rings. The number of carbonyl (C=O) groups excluding carboxylic acids is 2. The molecule has 0 spiro atoms. The smallest absolute Gasteiger partial charge is 0.454 e. The summed E-state index contributed by atoms with van der Waals surface area (Å²) in [5, 5.41) is 2.36. The van der Waals surface area contributed by atoms with Gasteiger partial charge in [0.25, 0.3) is 0 Å². The van der Waals surface area contributed by atoms with Gasteiger partial charge in [0.1, 0.15) is 5.78 Å². The number of halogens is 3. The molecule has 1 N–H and O–H groups in total. The number of amides is 1. The second-order valence-electron chi connectivity index (χ2n) is 9.34. The Morgan fingerprint density at radius 1 is 1.03 bits per heavy atom. The Hall–Kier alpha value is -4.01. The van der Waals surface area contributed by atoms with Crippen molar-refractivity contribution in [2.24, 2.45) is 0 Å². The molecule has 0 atom stereocenters. The van der Waals surface area contributed by atoms with Gasteiger partial charge in [-0.15, -0.1) is 13.2 Å². The first-order valence-corrected chi connectivity index (χ1v) is 11.7. The third-order valence-corrected chi connectivity index (χ3v) is 6.70. The predicted octanol–water partition coefficient (Wildman–Crippen LogP) is 6.34. The van der Waals surface area contributed by atoms with Crippen LogP contribution in [0, 0.1) is 6.92 Å². The lowest BCUT2D eigenvalue weighted by Crippen LogP contribution is -2.22. The van der Waals surface area contributed by atoms with Crippen LogP contribution >= 0.6 is 0 Å². The van der Waals surface area contributed by atoms with Crippen molar-refractivity contribution in [2.45, 2.75) is 44.9 Å². The lowest BCUT2D eigenvalue weighted by Gasteiger charge is -2.17. The van der Waals surface area contributed by atoms with Crippen LogP contribution in [0.25, 0.3) is 11.1 Å². The zero-order valence-electron chi connectivity index (χ0n) is 20.2. The molecule has 0 unspecified atom stereocenters. The Morgan fingerprint density at radius 2 is 1.78 bits per heavy atom. The van der Waals surface area contributed by atoms with E-state index in [1.165, 1.54) is 19.1 Å². The fraction of sp³-hybridized carbons (Fsp3) is 0.286. The van der Waals surface area contributed by atoms with Crippen molar-refractivity contribution >= 4 is 17.4 Å². The van der Waals surface area contributed by atoms with Gasteiger partial charge in [0.2, 0.25) is 12.7 Å². The van der Waals surface area contributed by atoms with Crippen LogP contribution in [0.4, 0.5) is 18.9 Å². The average Bonchev–Trinajstić information content (AvgIpc) is 3.51. The summed E-state index contributed by atoms with van der Waals surface area (Å²) in [6, 6.07) is 15.3. The van der Waals surface area contributed by atoms with Gasteiger partial charge < -0.3 is 19.5 Å². The first kappa shape index (κ1) is 24.7. The SMILES string of the molecule is CC(=O)Nc1ccc(-c2cc(CC(=O)C3(c4ccc5c(c4)OCO5)CC3)ccc2C)cc1OC(F)(F)F.[HH]. The quantitative estimate of drug-likeness (QED) is 0.399. The van der Waals surface area contributed by atoms with Crippen molar-refractivity contribution in [1.29, 1.82) is 0 Å². The van der Waals surface area contributed by atoms with Gasteiger partial charge in [0, 0.05) is 14.8 Å². The Labute approximate surface area is 212 Å². The Morgan fingerprint density at radius 3 is 2.49 bits per heavy atom. The van der Waals surface area contributed by atoms with Crippen LogP contribution in [-0.4, -0.2) is 24.8 Å². The largest absolute Gasteiger partial charge is 0.573 e. The van der Waals surface area contributed by atoms with E-state index in [-0.39, 0.29) is 26.1 Å². The summed E-state index contributed by atoms with van der Waals surface area (Å²) in [7, 11) is 0. The molecule has 3 aromatic carbocycles. The minimum absolute atomic E-state index is 0. The Kier molecular flexibility index (Phi) is 6.09.